The Labute approximate surface area is 172 Å². The Morgan fingerprint density at radius 1 is 0.857 bits per heavy atom. The molecule has 2 rings (SSSR count). The molecule has 2 aromatic heterocycles. The van der Waals surface area contributed by atoms with Crippen molar-refractivity contribution in [3.05, 3.63) is 52.6 Å². The molecule has 2 heterocycles. The van der Waals surface area contributed by atoms with Gasteiger partial charge < -0.3 is 4.90 Å². The van der Waals surface area contributed by atoms with Crippen LogP contribution in [0.1, 0.15) is 101 Å². The molecule has 3 nitrogen and oxygen atoms in total. The summed E-state index contributed by atoms with van der Waals surface area (Å²) >= 11 is 0. The minimum absolute atomic E-state index is 0.445. The number of aryl methyl sites for hydroxylation is 2. The second kappa shape index (κ2) is 10.0. The van der Waals surface area contributed by atoms with Gasteiger partial charge >= 0.3 is 0 Å². The van der Waals surface area contributed by atoms with E-state index in [2.05, 4.69) is 77.5 Å². The van der Waals surface area contributed by atoms with Crippen molar-refractivity contribution in [1.29, 1.82) is 0 Å². The molecule has 0 radical (unpaired) electrons. The molecule has 0 unspecified atom stereocenters. The Hall–Kier alpha value is -1.90. The molecule has 0 aliphatic rings. The van der Waals surface area contributed by atoms with Crippen LogP contribution < -0.4 is 4.90 Å². The van der Waals surface area contributed by atoms with Crippen LogP contribution in [0.25, 0.3) is 0 Å². The number of nitrogens with zero attached hydrogens (tertiary/aromatic N) is 3. The largest absolute Gasteiger partial charge is 0.374 e. The van der Waals surface area contributed by atoms with Crippen LogP contribution in [0.2, 0.25) is 0 Å². The predicted octanol–water partition coefficient (Wildman–Crippen LogP) is 6.48. The normalized spacial score (nSPS) is 11.7. The lowest BCUT2D eigenvalue weighted by molar-refractivity contribution is 0.721. The molecule has 0 aromatic carbocycles. The van der Waals surface area contributed by atoms with Gasteiger partial charge in [0.15, 0.2) is 0 Å². The van der Waals surface area contributed by atoms with Crippen molar-refractivity contribution < 1.29 is 0 Å². The number of hydrogen-bond acceptors (Lipinski definition) is 3. The molecular weight excluding hydrogens is 342 g/mol. The van der Waals surface area contributed by atoms with E-state index in [0.29, 0.717) is 17.8 Å². The summed E-state index contributed by atoms with van der Waals surface area (Å²) in [4.78, 5) is 11.8. The molecule has 0 atom stereocenters. The lowest BCUT2D eigenvalue weighted by Gasteiger charge is -2.27. The van der Waals surface area contributed by atoms with Gasteiger partial charge in [-0.1, -0.05) is 48.5 Å². The maximum Gasteiger partial charge on any atom is 0.0484 e. The molecule has 28 heavy (non-hydrogen) atoms. The second-order valence-corrected chi connectivity index (χ2v) is 8.80. The van der Waals surface area contributed by atoms with Gasteiger partial charge in [0.05, 0.1) is 0 Å². The highest BCUT2D eigenvalue weighted by Gasteiger charge is 2.18. The molecule has 0 aliphatic heterocycles. The third kappa shape index (κ3) is 5.12. The summed E-state index contributed by atoms with van der Waals surface area (Å²) in [5, 5.41) is 0. The summed E-state index contributed by atoms with van der Waals surface area (Å²) in [6.07, 6.45) is 7.17. The second-order valence-electron chi connectivity index (χ2n) is 8.80. The monoisotopic (exact) mass is 381 g/mol. The van der Waals surface area contributed by atoms with Gasteiger partial charge in [-0.25, -0.2) is 0 Å². The Kier molecular flexibility index (Phi) is 8.03. The highest BCUT2D eigenvalue weighted by atomic mass is 15.1. The van der Waals surface area contributed by atoms with Crippen LogP contribution in [0.5, 0.6) is 0 Å². The lowest BCUT2D eigenvalue weighted by atomic mass is 9.92. The van der Waals surface area contributed by atoms with Crippen LogP contribution in [0, 0.1) is 0 Å². The van der Waals surface area contributed by atoms with Crippen molar-refractivity contribution in [3.63, 3.8) is 0 Å². The van der Waals surface area contributed by atoms with Crippen LogP contribution in [0.4, 0.5) is 5.69 Å². The molecule has 0 N–H and O–H groups in total. The summed E-state index contributed by atoms with van der Waals surface area (Å²) in [7, 11) is 2.21. The van der Waals surface area contributed by atoms with Crippen molar-refractivity contribution in [2.24, 2.45) is 0 Å². The molecule has 154 valence electrons. The summed E-state index contributed by atoms with van der Waals surface area (Å²) in [6.45, 7) is 16.8. The van der Waals surface area contributed by atoms with E-state index in [1.807, 2.05) is 12.4 Å². The van der Waals surface area contributed by atoms with Crippen LogP contribution in [0.3, 0.4) is 0 Å². The first-order valence-corrected chi connectivity index (χ1v) is 10.9. The fourth-order valence-corrected chi connectivity index (χ4v) is 4.24. The van der Waals surface area contributed by atoms with Crippen LogP contribution in [-0.2, 0) is 12.8 Å². The summed E-state index contributed by atoms with van der Waals surface area (Å²) in [6, 6.07) is 4.36. The first-order chi connectivity index (χ1) is 13.3. The topological polar surface area (TPSA) is 29.0 Å². The third-order valence-corrected chi connectivity index (χ3v) is 5.56. The average Bonchev–Trinajstić information content (AvgIpc) is 2.66. The fraction of sp³-hybridized carbons (Fsp3) is 0.600. The summed E-state index contributed by atoms with van der Waals surface area (Å²) in [5.74, 6) is 1.44. The Balaban J connectivity index is 2.16. The molecule has 0 saturated heterocycles. The minimum Gasteiger partial charge on any atom is -0.374 e. The molecule has 0 aliphatic carbocycles. The van der Waals surface area contributed by atoms with E-state index in [-0.39, 0.29) is 0 Å². The van der Waals surface area contributed by atoms with E-state index in [9.17, 15) is 0 Å². The fourth-order valence-electron chi connectivity index (χ4n) is 4.24. The van der Waals surface area contributed by atoms with E-state index < -0.39 is 0 Å². The molecule has 0 spiro atoms. The number of anilines is 1. The van der Waals surface area contributed by atoms with Gasteiger partial charge in [0, 0.05) is 43.1 Å². The zero-order chi connectivity index (χ0) is 20.8. The SMILES string of the molecule is CCc1ccnc(CCCN(C)c2ccnc(C(C)C)c2C(C)C)c1C(C)C. The van der Waals surface area contributed by atoms with Crippen molar-refractivity contribution in [1.82, 2.24) is 9.97 Å². The first kappa shape index (κ1) is 22.4. The third-order valence-electron chi connectivity index (χ3n) is 5.56. The van der Waals surface area contributed by atoms with E-state index >= 15 is 0 Å². The minimum atomic E-state index is 0.445. The van der Waals surface area contributed by atoms with Crippen molar-refractivity contribution >= 4 is 5.69 Å². The Bertz CT molecular complexity index is 762. The zero-order valence-electron chi connectivity index (χ0n) is 19.2. The van der Waals surface area contributed by atoms with Gasteiger partial charge in [-0.15, -0.1) is 0 Å². The predicted molar refractivity (Wildman–Crippen MR) is 122 cm³/mol. The van der Waals surface area contributed by atoms with Gasteiger partial charge in [-0.2, -0.15) is 0 Å². The Morgan fingerprint density at radius 3 is 2.07 bits per heavy atom. The number of pyridine rings is 2. The van der Waals surface area contributed by atoms with Crippen LogP contribution >= 0.6 is 0 Å². The quantitative estimate of drug-likeness (QED) is 0.498. The van der Waals surface area contributed by atoms with Crippen molar-refractivity contribution in [2.75, 3.05) is 18.5 Å². The van der Waals surface area contributed by atoms with Crippen LogP contribution in [-0.4, -0.2) is 23.6 Å². The molecule has 0 fully saturated rings. The number of hydrogen-bond donors (Lipinski definition) is 0. The molecule has 0 bridgehead atoms. The number of aromatic nitrogens is 2. The maximum atomic E-state index is 4.73. The van der Waals surface area contributed by atoms with Gasteiger partial charge in [0.1, 0.15) is 0 Å². The highest BCUT2D eigenvalue weighted by molar-refractivity contribution is 5.56. The van der Waals surface area contributed by atoms with E-state index in [0.717, 1.165) is 25.8 Å². The van der Waals surface area contributed by atoms with E-state index in [4.69, 9.17) is 4.98 Å². The lowest BCUT2D eigenvalue weighted by Crippen LogP contribution is -2.22. The van der Waals surface area contributed by atoms with Crippen molar-refractivity contribution in [2.45, 2.75) is 85.5 Å². The maximum absolute atomic E-state index is 4.73. The smallest absolute Gasteiger partial charge is 0.0484 e. The zero-order valence-corrected chi connectivity index (χ0v) is 19.2. The average molecular weight is 382 g/mol. The molecule has 2 aromatic rings. The molecule has 0 saturated carbocycles. The van der Waals surface area contributed by atoms with Crippen LogP contribution in [0.15, 0.2) is 24.5 Å². The molecular formula is C25H39N3. The molecule has 0 amide bonds. The number of rotatable bonds is 9. The first-order valence-electron chi connectivity index (χ1n) is 10.9. The summed E-state index contributed by atoms with van der Waals surface area (Å²) < 4.78 is 0. The van der Waals surface area contributed by atoms with Crippen molar-refractivity contribution in [3.8, 4) is 0 Å². The van der Waals surface area contributed by atoms with Gasteiger partial charge in [-0.05, 0) is 65.8 Å². The summed E-state index contributed by atoms with van der Waals surface area (Å²) in [5.41, 5.74) is 8.15. The Morgan fingerprint density at radius 2 is 1.50 bits per heavy atom. The van der Waals surface area contributed by atoms with E-state index in [1.165, 1.54) is 33.8 Å². The van der Waals surface area contributed by atoms with Gasteiger partial charge in [0.2, 0.25) is 0 Å². The van der Waals surface area contributed by atoms with Gasteiger partial charge in [-0.3, -0.25) is 9.97 Å². The molecule has 3 heteroatoms. The van der Waals surface area contributed by atoms with Gasteiger partial charge in [0.25, 0.3) is 0 Å². The standard InChI is InChI=1S/C25H39N3/c1-9-20-12-14-26-21(23(20)17(2)3)11-10-16-28(8)22-13-15-27-25(19(6)7)24(22)18(4)5/h12-15,17-19H,9-11,16H2,1-8H3. The highest BCUT2D eigenvalue weighted by Crippen LogP contribution is 2.33. The van der Waals surface area contributed by atoms with E-state index in [1.54, 1.807) is 0 Å².